The Morgan fingerprint density at radius 3 is 2.80 bits per heavy atom. The third-order valence-electron chi connectivity index (χ3n) is 4.29. The number of rotatable bonds is 4. The molecule has 3 aromatic rings. The van der Waals surface area contributed by atoms with Crippen molar-refractivity contribution in [1.82, 2.24) is 4.98 Å². The Balaban J connectivity index is 1.44. The zero-order chi connectivity index (χ0) is 13.4. The van der Waals surface area contributed by atoms with Crippen LogP contribution in [0.4, 0.5) is 5.69 Å². The summed E-state index contributed by atoms with van der Waals surface area (Å²) in [6.07, 6.45) is 3.30. The third-order valence-corrected chi connectivity index (χ3v) is 4.29. The smallest absolute Gasteiger partial charge is 0.0689 e. The lowest BCUT2D eigenvalue weighted by molar-refractivity contribution is 0.845. The lowest BCUT2D eigenvalue weighted by Crippen LogP contribution is -2.05. The van der Waals surface area contributed by atoms with Gasteiger partial charge in [0.05, 0.1) is 11.2 Å². The van der Waals surface area contributed by atoms with Crippen LogP contribution in [0.15, 0.2) is 60.8 Å². The summed E-state index contributed by atoms with van der Waals surface area (Å²) in [5.41, 5.74) is 3.91. The fourth-order valence-corrected chi connectivity index (χ4v) is 3.05. The lowest BCUT2D eigenvalue weighted by Gasteiger charge is -2.07. The van der Waals surface area contributed by atoms with Crippen LogP contribution in [-0.2, 0) is 0 Å². The topological polar surface area (TPSA) is 27.8 Å². The number of nitrogens with one attached hydrogen (secondary N) is 2. The molecular weight excluding hydrogens is 244 g/mol. The van der Waals surface area contributed by atoms with E-state index in [9.17, 15) is 0 Å². The van der Waals surface area contributed by atoms with Crippen molar-refractivity contribution >= 4 is 16.6 Å². The molecule has 0 aliphatic heterocycles. The molecule has 0 radical (unpaired) electrons. The van der Waals surface area contributed by atoms with Crippen molar-refractivity contribution in [2.75, 3.05) is 11.9 Å². The van der Waals surface area contributed by atoms with Gasteiger partial charge in [0.2, 0.25) is 0 Å². The number of hydrogen-bond acceptors (Lipinski definition) is 1. The highest BCUT2D eigenvalue weighted by molar-refractivity contribution is 5.90. The Bertz CT molecular complexity index is 714. The molecule has 0 spiro atoms. The molecule has 0 saturated heterocycles. The Hall–Kier alpha value is -2.22. The molecule has 1 heterocycles. The first-order chi connectivity index (χ1) is 9.92. The Morgan fingerprint density at radius 1 is 1.00 bits per heavy atom. The second-order valence-electron chi connectivity index (χ2n) is 5.64. The zero-order valence-corrected chi connectivity index (χ0v) is 11.3. The Morgan fingerprint density at radius 2 is 1.90 bits per heavy atom. The van der Waals surface area contributed by atoms with Crippen LogP contribution in [0, 0.1) is 5.92 Å². The van der Waals surface area contributed by atoms with Crippen LogP contribution in [0.1, 0.15) is 17.9 Å². The second-order valence-corrected chi connectivity index (χ2v) is 5.64. The van der Waals surface area contributed by atoms with Crippen LogP contribution in [0.5, 0.6) is 0 Å². The van der Waals surface area contributed by atoms with Gasteiger partial charge in [-0.2, -0.15) is 0 Å². The van der Waals surface area contributed by atoms with E-state index in [4.69, 9.17) is 0 Å². The van der Waals surface area contributed by atoms with Crippen LogP contribution >= 0.6 is 0 Å². The molecule has 1 fully saturated rings. The van der Waals surface area contributed by atoms with Crippen molar-refractivity contribution in [1.29, 1.82) is 0 Å². The minimum Gasteiger partial charge on any atom is -0.383 e. The van der Waals surface area contributed by atoms with Crippen LogP contribution in [0.3, 0.4) is 0 Å². The third kappa shape index (κ3) is 2.07. The van der Waals surface area contributed by atoms with Crippen molar-refractivity contribution in [2.45, 2.75) is 12.3 Å². The van der Waals surface area contributed by atoms with Crippen molar-refractivity contribution in [3.63, 3.8) is 0 Å². The summed E-state index contributed by atoms with van der Waals surface area (Å²) in [7, 11) is 0. The molecule has 2 atom stereocenters. The average molecular weight is 262 g/mol. The SMILES string of the molecule is c1ccc(C2CC2CNc2cccc3cc[nH]c23)cc1. The fourth-order valence-electron chi connectivity index (χ4n) is 3.05. The summed E-state index contributed by atoms with van der Waals surface area (Å²) in [4.78, 5) is 3.31. The first-order valence-electron chi connectivity index (χ1n) is 7.27. The van der Waals surface area contributed by atoms with Gasteiger partial charge >= 0.3 is 0 Å². The minimum absolute atomic E-state index is 0.742. The lowest BCUT2D eigenvalue weighted by atomic mass is 10.1. The van der Waals surface area contributed by atoms with E-state index in [0.29, 0.717) is 0 Å². The van der Waals surface area contributed by atoms with E-state index in [-0.39, 0.29) is 0 Å². The van der Waals surface area contributed by atoms with E-state index in [0.717, 1.165) is 18.4 Å². The molecule has 0 bridgehead atoms. The molecule has 2 aromatic carbocycles. The van der Waals surface area contributed by atoms with Crippen LogP contribution in [0.2, 0.25) is 0 Å². The van der Waals surface area contributed by atoms with Crippen molar-refractivity contribution < 1.29 is 0 Å². The molecule has 2 heteroatoms. The number of hydrogen-bond donors (Lipinski definition) is 2. The minimum atomic E-state index is 0.742. The molecule has 1 aliphatic carbocycles. The molecular formula is C18H18N2. The molecule has 2 unspecified atom stereocenters. The summed E-state index contributed by atoms with van der Waals surface area (Å²) in [6.45, 7) is 1.05. The second kappa shape index (κ2) is 4.71. The average Bonchev–Trinajstić information content (AvgIpc) is 3.12. The maximum absolute atomic E-state index is 3.60. The van der Waals surface area contributed by atoms with Crippen molar-refractivity contribution in [3.8, 4) is 0 Å². The molecule has 20 heavy (non-hydrogen) atoms. The summed E-state index contributed by atoms with van der Waals surface area (Å²) in [6, 6.07) is 19.4. The molecule has 1 aliphatic rings. The van der Waals surface area contributed by atoms with E-state index in [1.165, 1.54) is 28.6 Å². The van der Waals surface area contributed by atoms with Gasteiger partial charge in [-0.05, 0) is 36.0 Å². The van der Waals surface area contributed by atoms with E-state index in [1.807, 2.05) is 6.20 Å². The van der Waals surface area contributed by atoms with Gasteiger partial charge in [-0.25, -0.2) is 0 Å². The molecule has 4 rings (SSSR count). The normalized spacial score (nSPS) is 21.0. The summed E-state index contributed by atoms with van der Waals surface area (Å²) in [5.74, 6) is 1.51. The van der Waals surface area contributed by atoms with E-state index >= 15 is 0 Å². The van der Waals surface area contributed by atoms with E-state index in [1.54, 1.807) is 0 Å². The van der Waals surface area contributed by atoms with Gasteiger partial charge in [0.1, 0.15) is 0 Å². The van der Waals surface area contributed by atoms with Crippen molar-refractivity contribution in [3.05, 3.63) is 66.4 Å². The largest absolute Gasteiger partial charge is 0.383 e. The number of fused-ring (bicyclic) bond motifs is 1. The number of benzene rings is 2. The zero-order valence-electron chi connectivity index (χ0n) is 11.3. The quantitative estimate of drug-likeness (QED) is 0.717. The fraction of sp³-hybridized carbons (Fsp3) is 0.222. The van der Waals surface area contributed by atoms with Gasteiger partial charge in [0.25, 0.3) is 0 Å². The Kier molecular flexibility index (Phi) is 2.73. The predicted molar refractivity (Wildman–Crippen MR) is 84.1 cm³/mol. The van der Waals surface area contributed by atoms with Crippen LogP contribution < -0.4 is 5.32 Å². The number of aromatic nitrogens is 1. The van der Waals surface area contributed by atoms with Gasteiger partial charge < -0.3 is 10.3 Å². The number of anilines is 1. The highest BCUT2D eigenvalue weighted by atomic mass is 14.9. The van der Waals surface area contributed by atoms with Gasteiger partial charge in [-0.3, -0.25) is 0 Å². The number of H-pyrrole nitrogens is 1. The summed E-state index contributed by atoms with van der Waals surface area (Å²) >= 11 is 0. The highest BCUT2D eigenvalue weighted by Crippen LogP contribution is 2.47. The van der Waals surface area contributed by atoms with Crippen LogP contribution in [-0.4, -0.2) is 11.5 Å². The number of para-hydroxylation sites is 1. The summed E-state index contributed by atoms with van der Waals surface area (Å²) < 4.78 is 0. The molecule has 0 amide bonds. The molecule has 2 nitrogen and oxygen atoms in total. The first-order valence-corrected chi connectivity index (χ1v) is 7.27. The maximum Gasteiger partial charge on any atom is 0.0689 e. The van der Waals surface area contributed by atoms with Gasteiger partial charge in [-0.1, -0.05) is 42.5 Å². The summed E-state index contributed by atoms with van der Waals surface area (Å²) in [5, 5.41) is 4.87. The van der Waals surface area contributed by atoms with Gasteiger partial charge in [0.15, 0.2) is 0 Å². The highest BCUT2D eigenvalue weighted by Gasteiger charge is 2.37. The maximum atomic E-state index is 3.60. The van der Waals surface area contributed by atoms with Gasteiger partial charge in [-0.15, -0.1) is 0 Å². The number of aromatic amines is 1. The predicted octanol–water partition coefficient (Wildman–Crippen LogP) is 4.38. The first kappa shape index (κ1) is 11.6. The van der Waals surface area contributed by atoms with Crippen LogP contribution in [0.25, 0.3) is 10.9 Å². The monoisotopic (exact) mass is 262 g/mol. The van der Waals surface area contributed by atoms with E-state index in [2.05, 4.69) is 64.9 Å². The molecule has 100 valence electrons. The molecule has 1 saturated carbocycles. The molecule has 1 aromatic heterocycles. The molecule has 2 N–H and O–H groups in total. The Labute approximate surface area is 118 Å². The standard InChI is InChI=1S/C18H18N2/c1-2-5-13(6-3-1)16-11-15(16)12-20-17-8-4-7-14-9-10-19-18(14)17/h1-10,15-16,19-20H,11-12H2. The van der Waals surface area contributed by atoms with E-state index < -0.39 is 0 Å². The van der Waals surface area contributed by atoms with Crippen molar-refractivity contribution in [2.24, 2.45) is 5.92 Å². The van der Waals surface area contributed by atoms with Gasteiger partial charge in [0, 0.05) is 18.1 Å².